The number of hydrogen-bond donors (Lipinski definition) is 1. The molecule has 0 radical (unpaired) electrons. The van der Waals surface area contributed by atoms with Crippen LogP contribution in [0.15, 0.2) is 51.7 Å². The zero-order valence-electron chi connectivity index (χ0n) is 10.0. The van der Waals surface area contributed by atoms with E-state index >= 15 is 0 Å². The first kappa shape index (κ1) is 12.9. The summed E-state index contributed by atoms with van der Waals surface area (Å²) in [5.41, 5.74) is 1.75. The van der Waals surface area contributed by atoms with Gasteiger partial charge in [0.25, 0.3) is 5.91 Å². The predicted octanol–water partition coefficient (Wildman–Crippen LogP) is 3.40. The maximum atomic E-state index is 11.9. The summed E-state index contributed by atoms with van der Waals surface area (Å²) in [4.78, 5) is 11.9. The summed E-state index contributed by atoms with van der Waals surface area (Å²) in [6, 6.07) is 9.28. The van der Waals surface area contributed by atoms with Gasteiger partial charge < -0.3 is 9.73 Å². The van der Waals surface area contributed by atoms with Gasteiger partial charge in [-0.3, -0.25) is 4.79 Å². The molecule has 0 fully saturated rings. The zero-order valence-corrected chi connectivity index (χ0v) is 11.6. The van der Waals surface area contributed by atoms with Crippen LogP contribution in [0.2, 0.25) is 0 Å². The second-order valence-electron chi connectivity index (χ2n) is 4.22. The van der Waals surface area contributed by atoms with E-state index in [1.807, 2.05) is 25.1 Å². The molecule has 2 rings (SSSR count). The normalized spacial score (nSPS) is 12.1. The summed E-state index contributed by atoms with van der Waals surface area (Å²) >= 11 is 3.34. The third kappa shape index (κ3) is 3.47. The van der Waals surface area contributed by atoms with Crippen LogP contribution in [0.4, 0.5) is 0 Å². The van der Waals surface area contributed by atoms with E-state index in [-0.39, 0.29) is 11.9 Å². The van der Waals surface area contributed by atoms with Gasteiger partial charge in [0, 0.05) is 16.1 Å². The van der Waals surface area contributed by atoms with Gasteiger partial charge in [0.05, 0.1) is 12.5 Å². The van der Waals surface area contributed by atoms with E-state index in [1.54, 1.807) is 24.7 Å². The highest BCUT2D eigenvalue weighted by Gasteiger charge is 2.10. The van der Waals surface area contributed by atoms with Crippen LogP contribution in [0.1, 0.15) is 22.8 Å². The predicted molar refractivity (Wildman–Crippen MR) is 73.5 cm³/mol. The quantitative estimate of drug-likeness (QED) is 0.940. The summed E-state index contributed by atoms with van der Waals surface area (Å²) in [5, 5.41) is 2.96. The van der Waals surface area contributed by atoms with Crippen molar-refractivity contribution in [2.24, 2.45) is 0 Å². The second-order valence-corrected chi connectivity index (χ2v) is 5.13. The van der Waals surface area contributed by atoms with Crippen LogP contribution in [0.5, 0.6) is 0 Å². The van der Waals surface area contributed by atoms with E-state index in [0.717, 1.165) is 16.5 Å². The summed E-state index contributed by atoms with van der Waals surface area (Å²) < 4.78 is 5.96. The first-order chi connectivity index (χ1) is 8.65. The molecule has 0 aliphatic rings. The van der Waals surface area contributed by atoms with Gasteiger partial charge in [0.2, 0.25) is 0 Å². The van der Waals surface area contributed by atoms with Crippen molar-refractivity contribution >= 4 is 21.8 Å². The average Bonchev–Trinajstić information content (AvgIpc) is 2.82. The highest BCUT2D eigenvalue weighted by molar-refractivity contribution is 9.10. The lowest BCUT2D eigenvalue weighted by Gasteiger charge is -2.12. The van der Waals surface area contributed by atoms with Crippen LogP contribution in [0.3, 0.4) is 0 Å². The van der Waals surface area contributed by atoms with Gasteiger partial charge in [0.1, 0.15) is 0 Å². The highest BCUT2D eigenvalue weighted by Crippen LogP contribution is 2.11. The van der Waals surface area contributed by atoms with Crippen LogP contribution in [-0.4, -0.2) is 11.9 Å². The Kier molecular flexibility index (Phi) is 4.20. The van der Waals surface area contributed by atoms with Gasteiger partial charge in [-0.15, -0.1) is 0 Å². The summed E-state index contributed by atoms with van der Waals surface area (Å²) in [5.74, 6) is -0.0569. The fourth-order valence-corrected chi connectivity index (χ4v) is 1.99. The van der Waals surface area contributed by atoms with Crippen LogP contribution in [0.25, 0.3) is 0 Å². The molecule has 0 saturated carbocycles. The molecule has 4 heteroatoms. The van der Waals surface area contributed by atoms with Crippen LogP contribution < -0.4 is 5.32 Å². The molecule has 1 atom stereocenters. The number of furan rings is 1. The largest absolute Gasteiger partial charge is 0.472 e. The Morgan fingerprint density at radius 1 is 1.33 bits per heavy atom. The molecular formula is C14H14BrNO2. The summed E-state index contributed by atoms with van der Waals surface area (Å²) in [6.45, 7) is 1.98. The van der Waals surface area contributed by atoms with Gasteiger partial charge in [-0.05, 0) is 49.2 Å². The lowest BCUT2D eigenvalue weighted by Crippen LogP contribution is -2.33. The van der Waals surface area contributed by atoms with Crippen molar-refractivity contribution in [3.8, 4) is 0 Å². The number of carbonyl (C=O) groups is 1. The van der Waals surface area contributed by atoms with E-state index in [1.165, 1.54) is 0 Å². The molecule has 1 N–H and O–H groups in total. The number of halogens is 1. The van der Waals surface area contributed by atoms with E-state index in [9.17, 15) is 4.79 Å². The minimum atomic E-state index is -0.0569. The number of rotatable bonds is 4. The highest BCUT2D eigenvalue weighted by atomic mass is 79.9. The Balaban J connectivity index is 1.92. The van der Waals surface area contributed by atoms with Crippen molar-refractivity contribution in [1.29, 1.82) is 0 Å². The molecule has 0 aliphatic heterocycles. The standard InChI is InChI=1S/C14H14BrNO2/c1-10(8-11-6-7-18-9-11)16-14(17)12-2-4-13(15)5-3-12/h2-7,9-10H,8H2,1H3,(H,16,17). The second kappa shape index (κ2) is 5.87. The molecule has 1 amide bonds. The molecule has 18 heavy (non-hydrogen) atoms. The Morgan fingerprint density at radius 2 is 2.06 bits per heavy atom. The van der Waals surface area contributed by atoms with Crippen molar-refractivity contribution < 1.29 is 9.21 Å². The molecule has 2 aromatic rings. The number of amides is 1. The lowest BCUT2D eigenvalue weighted by atomic mass is 10.1. The molecule has 0 aliphatic carbocycles. The summed E-state index contributed by atoms with van der Waals surface area (Å²) in [7, 11) is 0. The van der Waals surface area contributed by atoms with Gasteiger partial charge in [-0.2, -0.15) is 0 Å². The molecule has 1 aromatic carbocycles. The van der Waals surface area contributed by atoms with Gasteiger partial charge in [-0.25, -0.2) is 0 Å². The van der Waals surface area contributed by atoms with E-state index in [2.05, 4.69) is 21.2 Å². The first-order valence-electron chi connectivity index (χ1n) is 5.72. The maximum Gasteiger partial charge on any atom is 0.251 e. The SMILES string of the molecule is CC(Cc1ccoc1)NC(=O)c1ccc(Br)cc1. The van der Waals surface area contributed by atoms with E-state index in [4.69, 9.17) is 4.42 Å². The number of benzene rings is 1. The first-order valence-corrected chi connectivity index (χ1v) is 6.52. The van der Waals surface area contributed by atoms with Crippen molar-refractivity contribution in [2.75, 3.05) is 0 Å². The zero-order chi connectivity index (χ0) is 13.0. The molecule has 0 saturated heterocycles. The van der Waals surface area contributed by atoms with E-state index < -0.39 is 0 Å². The minimum Gasteiger partial charge on any atom is -0.472 e. The number of hydrogen-bond acceptors (Lipinski definition) is 2. The van der Waals surface area contributed by atoms with Gasteiger partial charge in [-0.1, -0.05) is 15.9 Å². The molecule has 94 valence electrons. The average molecular weight is 308 g/mol. The monoisotopic (exact) mass is 307 g/mol. The molecular weight excluding hydrogens is 294 g/mol. The Morgan fingerprint density at radius 3 is 2.67 bits per heavy atom. The smallest absolute Gasteiger partial charge is 0.251 e. The molecule has 0 spiro atoms. The van der Waals surface area contributed by atoms with Gasteiger partial charge >= 0.3 is 0 Å². The molecule has 1 unspecified atom stereocenters. The third-order valence-corrected chi connectivity index (χ3v) is 3.13. The van der Waals surface area contributed by atoms with Crippen molar-refractivity contribution in [1.82, 2.24) is 5.32 Å². The van der Waals surface area contributed by atoms with Gasteiger partial charge in [0.15, 0.2) is 0 Å². The van der Waals surface area contributed by atoms with Crippen LogP contribution >= 0.6 is 15.9 Å². The summed E-state index contributed by atoms with van der Waals surface area (Å²) in [6.07, 6.45) is 4.10. The Hall–Kier alpha value is -1.55. The maximum absolute atomic E-state index is 11.9. The fraction of sp³-hybridized carbons (Fsp3) is 0.214. The van der Waals surface area contributed by atoms with Crippen LogP contribution in [0, 0.1) is 0 Å². The van der Waals surface area contributed by atoms with E-state index in [0.29, 0.717) is 5.56 Å². The van der Waals surface area contributed by atoms with Crippen molar-refractivity contribution in [3.05, 3.63) is 58.5 Å². The molecule has 3 nitrogen and oxygen atoms in total. The molecule has 1 aromatic heterocycles. The van der Waals surface area contributed by atoms with Crippen LogP contribution in [-0.2, 0) is 6.42 Å². The molecule has 0 bridgehead atoms. The third-order valence-electron chi connectivity index (χ3n) is 2.61. The Bertz CT molecular complexity index is 505. The van der Waals surface area contributed by atoms with Crippen molar-refractivity contribution in [3.63, 3.8) is 0 Å². The Labute approximate surface area is 114 Å². The number of nitrogens with one attached hydrogen (secondary N) is 1. The lowest BCUT2D eigenvalue weighted by molar-refractivity contribution is 0.0940. The topological polar surface area (TPSA) is 42.2 Å². The fourth-order valence-electron chi connectivity index (χ4n) is 1.72. The van der Waals surface area contributed by atoms with Crippen molar-refractivity contribution in [2.45, 2.75) is 19.4 Å². The minimum absolute atomic E-state index is 0.0569. The molecule has 1 heterocycles. The number of carbonyl (C=O) groups excluding carboxylic acids is 1.